The van der Waals surface area contributed by atoms with Gasteiger partial charge in [-0.05, 0) is 25.2 Å². The fourth-order valence-corrected chi connectivity index (χ4v) is 1.51. The van der Waals surface area contributed by atoms with Crippen LogP contribution in [0, 0.1) is 5.92 Å². The van der Waals surface area contributed by atoms with Crippen molar-refractivity contribution in [3.63, 3.8) is 0 Å². The van der Waals surface area contributed by atoms with E-state index in [0.717, 1.165) is 19.3 Å². The second kappa shape index (κ2) is 4.26. The van der Waals surface area contributed by atoms with Crippen LogP contribution in [0.3, 0.4) is 0 Å². The normalized spacial score (nSPS) is 25.2. The van der Waals surface area contributed by atoms with E-state index in [1.54, 1.807) is 0 Å². The van der Waals surface area contributed by atoms with E-state index in [1.807, 2.05) is 6.08 Å². The summed E-state index contributed by atoms with van der Waals surface area (Å²) in [6, 6.07) is 0. The Morgan fingerprint density at radius 3 is 2.83 bits per heavy atom. The van der Waals surface area contributed by atoms with Crippen LogP contribution in [0.4, 0.5) is 0 Å². The topological polar surface area (TPSA) is 57.5 Å². The summed E-state index contributed by atoms with van der Waals surface area (Å²) < 4.78 is 0. The molecular weight excluding hydrogens is 156 g/mol. The molecule has 0 saturated carbocycles. The highest BCUT2D eigenvalue weighted by atomic mass is 16.4. The smallest absolute Gasteiger partial charge is 0.305 e. The summed E-state index contributed by atoms with van der Waals surface area (Å²) in [6.07, 6.45) is 5.97. The number of aliphatic carboxylic acids is 1. The van der Waals surface area contributed by atoms with E-state index in [2.05, 4.69) is 6.08 Å². The Morgan fingerprint density at radius 1 is 1.58 bits per heavy atom. The number of allylic oxidation sites excluding steroid dienone is 2. The van der Waals surface area contributed by atoms with Crippen molar-refractivity contribution >= 4 is 5.97 Å². The van der Waals surface area contributed by atoms with Crippen molar-refractivity contribution in [3.8, 4) is 0 Å². The number of hydrogen-bond donors (Lipinski definition) is 2. The maximum Gasteiger partial charge on any atom is 0.305 e. The average Bonchev–Trinajstić information content (AvgIpc) is 2.05. The molecule has 0 aromatic heterocycles. The van der Waals surface area contributed by atoms with Gasteiger partial charge in [-0.15, -0.1) is 0 Å². The number of carboxylic acid groups (broad SMARTS) is 1. The van der Waals surface area contributed by atoms with E-state index in [1.165, 1.54) is 0 Å². The van der Waals surface area contributed by atoms with Gasteiger partial charge in [0, 0.05) is 0 Å². The Labute approximate surface area is 71.7 Å². The molecule has 3 nitrogen and oxygen atoms in total. The number of hydrogen-bond acceptors (Lipinski definition) is 2. The minimum absolute atomic E-state index is 0.126. The molecule has 0 aromatic carbocycles. The van der Waals surface area contributed by atoms with Crippen molar-refractivity contribution in [2.24, 2.45) is 5.92 Å². The summed E-state index contributed by atoms with van der Waals surface area (Å²) in [5, 5.41) is 17.9. The number of carboxylic acids is 1. The number of carbonyl (C=O) groups is 1. The van der Waals surface area contributed by atoms with Gasteiger partial charge in [-0.25, -0.2) is 0 Å². The molecule has 2 atom stereocenters. The van der Waals surface area contributed by atoms with E-state index in [0.29, 0.717) is 0 Å². The Balaban J connectivity index is 2.35. The van der Waals surface area contributed by atoms with E-state index < -0.39 is 12.1 Å². The van der Waals surface area contributed by atoms with Crippen LogP contribution >= 0.6 is 0 Å². The zero-order valence-corrected chi connectivity index (χ0v) is 6.94. The number of aliphatic hydroxyl groups excluding tert-OH is 1. The van der Waals surface area contributed by atoms with Gasteiger partial charge < -0.3 is 10.2 Å². The summed E-state index contributed by atoms with van der Waals surface area (Å²) in [7, 11) is 0. The molecule has 1 aliphatic rings. The van der Waals surface area contributed by atoms with Crippen molar-refractivity contribution in [3.05, 3.63) is 12.2 Å². The molecule has 0 amide bonds. The molecular formula is C9H14O3. The van der Waals surface area contributed by atoms with Gasteiger partial charge in [0.2, 0.25) is 0 Å². The van der Waals surface area contributed by atoms with E-state index in [9.17, 15) is 9.90 Å². The second-order valence-electron chi connectivity index (χ2n) is 3.21. The van der Waals surface area contributed by atoms with Gasteiger partial charge in [0.15, 0.2) is 0 Å². The molecule has 0 aliphatic heterocycles. The SMILES string of the molecule is O=C(O)C[C@H](O)C1CC=CCC1. The first-order valence-electron chi connectivity index (χ1n) is 4.25. The van der Waals surface area contributed by atoms with Crippen LogP contribution in [0.25, 0.3) is 0 Å². The zero-order valence-electron chi connectivity index (χ0n) is 6.94. The van der Waals surface area contributed by atoms with Crippen LogP contribution in [0.5, 0.6) is 0 Å². The van der Waals surface area contributed by atoms with Crippen molar-refractivity contribution in [1.82, 2.24) is 0 Å². The van der Waals surface area contributed by atoms with Crippen LogP contribution in [0.15, 0.2) is 12.2 Å². The summed E-state index contributed by atoms with van der Waals surface area (Å²) in [4.78, 5) is 10.3. The van der Waals surface area contributed by atoms with E-state index in [4.69, 9.17) is 5.11 Å². The molecule has 0 fully saturated rings. The van der Waals surface area contributed by atoms with Gasteiger partial charge in [-0.1, -0.05) is 12.2 Å². The minimum atomic E-state index is -0.919. The first kappa shape index (κ1) is 9.26. The maximum absolute atomic E-state index is 10.3. The highest BCUT2D eigenvalue weighted by Crippen LogP contribution is 2.23. The first-order chi connectivity index (χ1) is 5.70. The molecule has 0 heterocycles. The van der Waals surface area contributed by atoms with E-state index in [-0.39, 0.29) is 12.3 Å². The fraction of sp³-hybridized carbons (Fsp3) is 0.667. The molecule has 0 saturated heterocycles. The Morgan fingerprint density at radius 2 is 2.33 bits per heavy atom. The standard InChI is InChI=1S/C9H14O3/c10-8(6-9(11)12)7-4-2-1-3-5-7/h1-2,7-8,10H,3-6H2,(H,11,12)/t7?,8-/m0/s1. The van der Waals surface area contributed by atoms with Gasteiger partial charge in [-0.2, -0.15) is 0 Å². The Hall–Kier alpha value is -0.830. The van der Waals surface area contributed by atoms with E-state index >= 15 is 0 Å². The fourth-order valence-electron chi connectivity index (χ4n) is 1.51. The number of aliphatic hydroxyl groups is 1. The van der Waals surface area contributed by atoms with Gasteiger partial charge in [0.05, 0.1) is 12.5 Å². The van der Waals surface area contributed by atoms with Crippen molar-refractivity contribution in [1.29, 1.82) is 0 Å². The van der Waals surface area contributed by atoms with Crippen LogP contribution in [-0.2, 0) is 4.79 Å². The van der Waals surface area contributed by atoms with Gasteiger partial charge in [-0.3, -0.25) is 4.79 Å². The monoisotopic (exact) mass is 170 g/mol. The highest BCUT2D eigenvalue weighted by Gasteiger charge is 2.21. The third kappa shape index (κ3) is 2.66. The summed E-state index contributed by atoms with van der Waals surface area (Å²) in [6.45, 7) is 0. The van der Waals surface area contributed by atoms with Gasteiger partial charge in [0.1, 0.15) is 0 Å². The van der Waals surface area contributed by atoms with Gasteiger partial charge >= 0.3 is 5.97 Å². The Bertz CT molecular complexity index is 186. The van der Waals surface area contributed by atoms with Crippen LogP contribution in [-0.4, -0.2) is 22.3 Å². The predicted octanol–water partition coefficient (Wildman–Crippen LogP) is 1.18. The molecule has 1 aliphatic carbocycles. The van der Waals surface area contributed by atoms with Gasteiger partial charge in [0.25, 0.3) is 0 Å². The van der Waals surface area contributed by atoms with Crippen molar-refractivity contribution in [2.75, 3.05) is 0 Å². The minimum Gasteiger partial charge on any atom is -0.481 e. The average molecular weight is 170 g/mol. The highest BCUT2D eigenvalue weighted by molar-refractivity contribution is 5.67. The summed E-state index contributed by atoms with van der Waals surface area (Å²) >= 11 is 0. The lowest BCUT2D eigenvalue weighted by atomic mass is 9.88. The molecule has 1 rings (SSSR count). The lowest BCUT2D eigenvalue weighted by Gasteiger charge is -2.22. The molecule has 3 heteroatoms. The first-order valence-corrected chi connectivity index (χ1v) is 4.25. The van der Waals surface area contributed by atoms with Crippen LogP contribution in [0.1, 0.15) is 25.7 Å². The zero-order chi connectivity index (χ0) is 8.97. The quantitative estimate of drug-likeness (QED) is 0.625. The molecule has 1 unspecified atom stereocenters. The van der Waals surface area contributed by atoms with Crippen molar-refractivity contribution in [2.45, 2.75) is 31.8 Å². The molecule has 0 spiro atoms. The summed E-state index contributed by atoms with van der Waals surface area (Å²) in [5.41, 5.74) is 0. The molecule has 0 bridgehead atoms. The molecule has 0 radical (unpaired) electrons. The molecule has 2 N–H and O–H groups in total. The third-order valence-corrected chi connectivity index (χ3v) is 2.24. The molecule has 68 valence electrons. The third-order valence-electron chi connectivity index (χ3n) is 2.24. The second-order valence-corrected chi connectivity index (χ2v) is 3.21. The summed E-state index contributed by atoms with van der Waals surface area (Å²) in [5.74, 6) is -0.775. The molecule has 12 heavy (non-hydrogen) atoms. The Kier molecular flexibility index (Phi) is 3.29. The predicted molar refractivity (Wildman–Crippen MR) is 44.7 cm³/mol. The number of rotatable bonds is 3. The lowest BCUT2D eigenvalue weighted by Crippen LogP contribution is -2.24. The van der Waals surface area contributed by atoms with Crippen molar-refractivity contribution < 1.29 is 15.0 Å². The lowest BCUT2D eigenvalue weighted by molar-refractivity contribution is -0.140. The maximum atomic E-state index is 10.3. The molecule has 0 aromatic rings. The van der Waals surface area contributed by atoms with Crippen LogP contribution < -0.4 is 0 Å². The largest absolute Gasteiger partial charge is 0.481 e. The van der Waals surface area contributed by atoms with Crippen LogP contribution in [0.2, 0.25) is 0 Å².